The molecule has 2 aliphatic rings. The Hall–Kier alpha value is -7.09. The molecule has 55 heavy (non-hydrogen) atoms. The average molecular weight is 698 g/mol. The molecule has 0 amide bonds. The third-order valence-corrected chi connectivity index (χ3v) is 11.7. The first-order valence-corrected chi connectivity index (χ1v) is 19.0. The molecule has 0 bridgehead atoms. The normalized spacial score (nSPS) is 12.9. The summed E-state index contributed by atoms with van der Waals surface area (Å²) in [6, 6.07) is 77.4. The molecule has 0 saturated carbocycles. The van der Waals surface area contributed by atoms with Crippen LogP contribution in [0.5, 0.6) is 0 Å². The predicted molar refractivity (Wildman–Crippen MR) is 228 cm³/mol. The molecule has 0 aliphatic heterocycles. The summed E-state index contributed by atoms with van der Waals surface area (Å²) in [6.45, 7) is 0. The maximum absolute atomic E-state index is 5.33. The van der Waals surface area contributed by atoms with Crippen LogP contribution < -0.4 is 0 Å². The zero-order chi connectivity index (χ0) is 36.3. The van der Waals surface area contributed by atoms with E-state index < -0.39 is 0 Å². The highest BCUT2D eigenvalue weighted by atomic mass is 14.7. The zero-order valence-corrected chi connectivity index (χ0v) is 30.2. The molecule has 0 atom stereocenters. The number of aromatic nitrogens is 1. The molecule has 1 nitrogen and oxygen atoms in total. The van der Waals surface area contributed by atoms with Crippen LogP contribution in [0.3, 0.4) is 0 Å². The van der Waals surface area contributed by atoms with Gasteiger partial charge in [-0.15, -0.1) is 0 Å². The smallest absolute Gasteiger partial charge is 0.0725 e. The molecule has 1 spiro atoms. The molecule has 8 aromatic carbocycles. The quantitative estimate of drug-likeness (QED) is 0.174. The first-order valence-electron chi connectivity index (χ1n) is 19.0. The van der Waals surface area contributed by atoms with Crippen molar-refractivity contribution in [1.82, 2.24) is 4.98 Å². The summed E-state index contributed by atoms with van der Waals surface area (Å²) in [6.07, 6.45) is 0. The van der Waals surface area contributed by atoms with Gasteiger partial charge in [0.05, 0.1) is 16.8 Å². The van der Waals surface area contributed by atoms with E-state index in [1.54, 1.807) is 0 Å². The molecule has 0 unspecified atom stereocenters. The van der Waals surface area contributed by atoms with Crippen molar-refractivity contribution in [2.24, 2.45) is 0 Å². The van der Waals surface area contributed by atoms with Gasteiger partial charge in [0.15, 0.2) is 0 Å². The Labute approximate surface area is 321 Å². The molecule has 1 heteroatoms. The van der Waals surface area contributed by atoms with Crippen LogP contribution in [0.4, 0.5) is 0 Å². The van der Waals surface area contributed by atoms with Crippen LogP contribution in [0.15, 0.2) is 212 Å². The lowest BCUT2D eigenvalue weighted by Gasteiger charge is -2.30. The second kappa shape index (κ2) is 12.5. The van der Waals surface area contributed by atoms with Gasteiger partial charge in [-0.1, -0.05) is 188 Å². The minimum atomic E-state index is -0.372. The Bertz CT molecular complexity index is 2840. The summed E-state index contributed by atoms with van der Waals surface area (Å²) in [7, 11) is 0. The molecule has 1 heterocycles. The van der Waals surface area contributed by atoms with Crippen LogP contribution in [0.25, 0.3) is 78.1 Å². The molecular weight excluding hydrogens is 663 g/mol. The van der Waals surface area contributed by atoms with Gasteiger partial charge in [-0.2, -0.15) is 0 Å². The van der Waals surface area contributed by atoms with Gasteiger partial charge in [-0.05, 0) is 102 Å². The largest absolute Gasteiger partial charge is 0.248 e. The van der Waals surface area contributed by atoms with Gasteiger partial charge >= 0.3 is 0 Å². The van der Waals surface area contributed by atoms with E-state index in [1.807, 2.05) is 0 Å². The van der Waals surface area contributed by atoms with Crippen molar-refractivity contribution in [1.29, 1.82) is 0 Å². The summed E-state index contributed by atoms with van der Waals surface area (Å²) in [5.74, 6) is 0. The molecular formula is C54H35N. The lowest BCUT2D eigenvalue weighted by Crippen LogP contribution is -2.25. The minimum absolute atomic E-state index is 0.372. The molecule has 0 radical (unpaired) electrons. The van der Waals surface area contributed by atoms with E-state index in [9.17, 15) is 0 Å². The fraction of sp³-hybridized carbons (Fsp3) is 0.0185. The molecule has 2 aliphatic carbocycles. The Morgan fingerprint density at radius 3 is 1.24 bits per heavy atom. The fourth-order valence-electron chi connectivity index (χ4n) is 9.22. The van der Waals surface area contributed by atoms with E-state index >= 15 is 0 Å². The average Bonchev–Trinajstić information content (AvgIpc) is 3.74. The van der Waals surface area contributed by atoms with Gasteiger partial charge in [0.1, 0.15) is 0 Å². The monoisotopic (exact) mass is 697 g/mol. The highest BCUT2D eigenvalue weighted by Crippen LogP contribution is 2.63. The topological polar surface area (TPSA) is 12.9 Å². The van der Waals surface area contributed by atoms with Gasteiger partial charge in [-0.25, -0.2) is 4.98 Å². The van der Waals surface area contributed by atoms with Crippen LogP contribution >= 0.6 is 0 Å². The number of benzene rings is 8. The molecule has 1 aromatic heterocycles. The van der Waals surface area contributed by atoms with Crippen molar-refractivity contribution in [2.45, 2.75) is 5.41 Å². The van der Waals surface area contributed by atoms with Crippen molar-refractivity contribution in [3.05, 3.63) is 235 Å². The Kier molecular flexibility index (Phi) is 7.15. The summed E-state index contributed by atoms with van der Waals surface area (Å²) in [5, 5.41) is 0. The first-order chi connectivity index (χ1) is 27.3. The summed E-state index contributed by atoms with van der Waals surface area (Å²) >= 11 is 0. The summed E-state index contributed by atoms with van der Waals surface area (Å²) < 4.78 is 0. The van der Waals surface area contributed by atoms with Crippen molar-refractivity contribution in [3.63, 3.8) is 0 Å². The predicted octanol–water partition coefficient (Wildman–Crippen LogP) is 13.8. The maximum atomic E-state index is 5.33. The molecule has 0 fully saturated rings. The van der Waals surface area contributed by atoms with E-state index in [1.165, 1.54) is 72.3 Å². The fourth-order valence-corrected chi connectivity index (χ4v) is 9.22. The number of pyridine rings is 1. The van der Waals surface area contributed by atoms with Crippen molar-refractivity contribution in [2.75, 3.05) is 0 Å². The summed E-state index contributed by atoms with van der Waals surface area (Å²) in [5.41, 5.74) is 21.5. The molecule has 9 aromatic rings. The molecule has 0 N–H and O–H groups in total. The van der Waals surface area contributed by atoms with E-state index in [-0.39, 0.29) is 5.41 Å². The second-order valence-electron chi connectivity index (χ2n) is 14.7. The third-order valence-electron chi connectivity index (χ3n) is 11.7. The Morgan fingerprint density at radius 2 is 0.636 bits per heavy atom. The molecule has 0 saturated heterocycles. The number of rotatable bonds is 5. The molecule has 256 valence electrons. The van der Waals surface area contributed by atoms with Crippen molar-refractivity contribution in [3.8, 4) is 78.1 Å². The minimum Gasteiger partial charge on any atom is -0.248 e. The van der Waals surface area contributed by atoms with E-state index in [2.05, 4.69) is 212 Å². The Balaban J connectivity index is 1.05. The number of hydrogen-bond acceptors (Lipinski definition) is 1. The highest BCUT2D eigenvalue weighted by molar-refractivity contribution is 5.96. The zero-order valence-electron chi connectivity index (χ0n) is 30.2. The van der Waals surface area contributed by atoms with E-state index in [0.717, 1.165) is 28.1 Å². The number of fused-ring (bicyclic) bond motifs is 10. The van der Waals surface area contributed by atoms with Gasteiger partial charge in [0.25, 0.3) is 0 Å². The first kappa shape index (κ1) is 31.4. The Morgan fingerprint density at radius 1 is 0.236 bits per heavy atom. The van der Waals surface area contributed by atoms with Gasteiger partial charge in [0, 0.05) is 11.1 Å². The van der Waals surface area contributed by atoms with Crippen LogP contribution in [0.2, 0.25) is 0 Å². The van der Waals surface area contributed by atoms with Crippen LogP contribution in [0.1, 0.15) is 22.3 Å². The highest BCUT2D eigenvalue weighted by Gasteiger charge is 2.51. The third kappa shape index (κ3) is 4.90. The second-order valence-corrected chi connectivity index (χ2v) is 14.7. The molecule has 11 rings (SSSR count). The van der Waals surface area contributed by atoms with Gasteiger partial charge in [0.2, 0.25) is 0 Å². The maximum Gasteiger partial charge on any atom is 0.0725 e. The standard InChI is InChI=1S/C54H35N/c1-3-14-36(15-4-1)38-26-28-39(29-27-38)52-34-43(37-16-5-2-6-17-37)35-53(55-52)42-19-13-18-40(32-42)41-30-31-47-46-22-9-12-25-50(46)54(51(47)33-41)48-23-10-7-20-44(48)45-21-8-11-24-49(45)54/h1-35H. The van der Waals surface area contributed by atoms with Gasteiger partial charge < -0.3 is 0 Å². The summed E-state index contributed by atoms with van der Waals surface area (Å²) in [4.78, 5) is 5.33. The van der Waals surface area contributed by atoms with E-state index in [4.69, 9.17) is 4.98 Å². The number of nitrogens with zero attached hydrogens (tertiary/aromatic N) is 1. The van der Waals surface area contributed by atoms with E-state index in [0.29, 0.717) is 0 Å². The lowest BCUT2D eigenvalue weighted by molar-refractivity contribution is 0.794. The van der Waals surface area contributed by atoms with Crippen LogP contribution in [0, 0.1) is 0 Å². The van der Waals surface area contributed by atoms with Crippen LogP contribution in [-0.2, 0) is 5.41 Å². The van der Waals surface area contributed by atoms with Crippen molar-refractivity contribution < 1.29 is 0 Å². The van der Waals surface area contributed by atoms with Crippen molar-refractivity contribution >= 4 is 0 Å². The lowest BCUT2D eigenvalue weighted by atomic mass is 9.70. The van der Waals surface area contributed by atoms with Gasteiger partial charge in [-0.3, -0.25) is 0 Å². The number of hydrogen-bond donors (Lipinski definition) is 0. The van der Waals surface area contributed by atoms with Crippen LogP contribution in [-0.4, -0.2) is 4.98 Å². The SMILES string of the molecule is c1ccc(-c2ccc(-c3cc(-c4ccccc4)cc(-c4cccc(-c5ccc6c(c5)C5(c7ccccc7-c7ccccc75)c5ccccc5-6)c4)n3)cc2)cc1.